The Hall–Kier alpha value is -4.21. The van der Waals surface area contributed by atoms with Crippen LogP contribution in [0.5, 0.6) is 0 Å². The Balaban J connectivity index is 1.50. The summed E-state index contributed by atoms with van der Waals surface area (Å²) in [6, 6.07) is 12.8. The molecule has 1 saturated carbocycles. The van der Waals surface area contributed by atoms with E-state index in [9.17, 15) is 27.6 Å². The first-order valence-corrected chi connectivity index (χ1v) is 11.7. The molecule has 10 heteroatoms. The number of alkyl halides is 3. The third-order valence-corrected chi connectivity index (χ3v) is 6.26. The molecule has 0 bridgehead atoms. The molecule has 0 saturated heterocycles. The summed E-state index contributed by atoms with van der Waals surface area (Å²) in [7, 11) is 0. The maximum atomic E-state index is 13.1. The molecule has 2 aromatic carbocycles. The number of nitrogens with one attached hydrogen (secondary N) is 2. The molecule has 2 amide bonds. The summed E-state index contributed by atoms with van der Waals surface area (Å²) in [5.74, 6) is -0.996. The lowest BCUT2D eigenvalue weighted by molar-refractivity contribution is -0.137. The summed E-state index contributed by atoms with van der Waals surface area (Å²) in [5.41, 5.74) is 1.21. The van der Waals surface area contributed by atoms with Gasteiger partial charge in [0.1, 0.15) is 0 Å². The average Bonchev–Trinajstić information content (AvgIpc) is 3.39. The minimum atomic E-state index is -4.71. The minimum absolute atomic E-state index is 0.251. The first kappa shape index (κ1) is 25.9. The van der Waals surface area contributed by atoms with Crippen LogP contribution >= 0.6 is 0 Å². The summed E-state index contributed by atoms with van der Waals surface area (Å²) < 4.78 is 39.3. The zero-order valence-corrected chi connectivity index (χ0v) is 19.6. The number of aromatic nitrogens is 1. The Morgan fingerprint density at radius 2 is 1.65 bits per heavy atom. The largest absolute Gasteiger partial charge is 0.465 e. The molecule has 0 atom stereocenters. The summed E-state index contributed by atoms with van der Waals surface area (Å²) in [5, 5.41) is 13.1. The number of ketones is 1. The lowest BCUT2D eigenvalue weighted by atomic mass is 9.97. The quantitative estimate of drug-likeness (QED) is 0.241. The molecular formula is C27H24F3N3O4. The average molecular weight is 512 g/mol. The molecule has 1 aliphatic rings. The monoisotopic (exact) mass is 511 g/mol. The number of Topliss-reactive ketones (excluding diaryl/α,β-unsaturated/α-hetero) is 1. The third-order valence-electron chi connectivity index (χ3n) is 6.26. The van der Waals surface area contributed by atoms with Gasteiger partial charge in [-0.15, -0.1) is 0 Å². The van der Waals surface area contributed by atoms with Gasteiger partial charge in [-0.3, -0.25) is 19.9 Å². The highest BCUT2D eigenvalue weighted by atomic mass is 19.4. The summed E-state index contributed by atoms with van der Waals surface area (Å²) in [6.45, 7) is 0. The molecule has 0 aliphatic heterocycles. The molecule has 1 aliphatic carbocycles. The van der Waals surface area contributed by atoms with E-state index in [1.807, 2.05) is 23.5 Å². The van der Waals surface area contributed by atoms with Crippen molar-refractivity contribution in [2.24, 2.45) is 0 Å². The van der Waals surface area contributed by atoms with Crippen molar-refractivity contribution in [3.63, 3.8) is 0 Å². The Labute approximate surface area is 210 Å². The second kappa shape index (κ2) is 10.8. The van der Waals surface area contributed by atoms with Crippen molar-refractivity contribution >= 4 is 29.2 Å². The number of nitrogens with zero attached hydrogens (tertiary/aromatic N) is 1. The number of hydrogen-bond donors (Lipinski definition) is 3. The number of amides is 2. The van der Waals surface area contributed by atoms with E-state index in [1.165, 1.54) is 12.8 Å². The zero-order valence-electron chi connectivity index (χ0n) is 19.6. The number of anilines is 2. The van der Waals surface area contributed by atoms with E-state index in [1.54, 1.807) is 24.4 Å². The fourth-order valence-electron chi connectivity index (χ4n) is 4.44. The van der Waals surface area contributed by atoms with Crippen LogP contribution in [-0.2, 0) is 11.0 Å². The van der Waals surface area contributed by atoms with E-state index in [0.717, 1.165) is 35.7 Å². The number of carbonyl (C=O) groups is 3. The predicted molar refractivity (Wildman–Crippen MR) is 132 cm³/mol. The molecule has 37 heavy (non-hydrogen) atoms. The van der Waals surface area contributed by atoms with Gasteiger partial charge in [-0.1, -0.05) is 31.0 Å². The molecule has 1 heterocycles. The van der Waals surface area contributed by atoms with Gasteiger partial charge in [-0.25, -0.2) is 4.79 Å². The van der Waals surface area contributed by atoms with Gasteiger partial charge < -0.3 is 10.4 Å². The van der Waals surface area contributed by atoms with Crippen LogP contribution in [0.1, 0.15) is 59.6 Å². The van der Waals surface area contributed by atoms with Gasteiger partial charge >= 0.3 is 12.3 Å². The molecule has 0 radical (unpaired) electrons. The van der Waals surface area contributed by atoms with Gasteiger partial charge in [0.25, 0.3) is 0 Å². The number of benzene rings is 2. The Kier molecular flexibility index (Phi) is 7.56. The smallest absolute Gasteiger partial charge is 0.416 e. The molecule has 192 valence electrons. The molecule has 0 unspecified atom stereocenters. The molecule has 4 rings (SSSR count). The highest BCUT2D eigenvalue weighted by molar-refractivity contribution is 6.12. The van der Waals surface area contributed by atoms with Crippen molar-refractivity contribution in [1.29, 1.82) is 0 Å². The molecule has 3 N–H and O–H groups in total. The second-order valence-corrected chi connectivity index (χ2v) is 8.87. The van der Waals surface area contributed by atoms with Crippen molar-refractivity contribution in [2.45, 2.75) is 44.2 Å². The number of rotatable bonds is 7. The van der Waals surface area contributed by atoms with Crippen LogP contribution in [0.2, 0.25) is 0 Å². The number of carbonyl (C=O) groups excluding carboxylic acids is 2. The lowest BCUT2D eigenvalue weighted by Gasteiger charge is -2.14. The first-order valence-electron chi connectivity index (χ1n) is 11.7. The predicted octanol–water partition coefficient (Wildman–Crippen LogP) is 6.73. The molecule has 7 nitrogen and oxygen atoms in total. The van der Waals surface area contributed by atoms with Gasteiger partial charge in [0.15, 0.2) is 5.78 Å². The molecule has 1 fully saturated rings. The second-order valence-electron chi connectivity index (χ2n) is 8.87. The highest BCUT2D eigenvalue weighted by Gasteiger charge is 2.31. The zero-order chi connectivity index (χ0) is 26.6. The van der Waals surface area contributed by atoms with Crippen LogP contribution in [0.3, 0.4) is 0 Å². The number of hydrogen-bond acceptors (Lipinski definition) is 4. The SMILES string of the molecule is O=C(O)Nc1ccc(C(F)(F)F)cc1NC(=O)CC(=O)c1cccc(-c2ccnc(C3CCCC3)c2)c1. The normalized spacial score (nSPS) is 13.8. The summed E-state index contributed by atoms with van der Waals surface area (Å²) >= 11 is 0. The third kappa shape index (κ3) is 6.52. The topological polar surface area (TPSA) is 108 Å². The van der Waals surface area contributed by atoms with Gasteiger partial charge in [-0.05, 0) is 60.4 Å². The fourth-order valence-corrected chi connectivity index (χ4v) is 4.44. The number of carboxylic acid groups (broad SMARTS) is 1. The van der Waals surface area contributed by atoms with Crippen LogP contribution < -0.4 is 10.6 Å². The van der Waals surface area contributed by atoms with E-state index in [2.05, 4.69) is 10.3 Å². The lowest BCUT2D eigenvalue weighted by Crippen LogP contribution is -2.19. The van der Waals surface area contributed by atoms with E-state index in [4.69, 9.17) is 5.11 Å². The first-order chi connectivity index (χ1) is 17.6. The Morgan fingerprint density at radius 3 is 2.35 bits per heavy atom. The molecular weight excluding hydrogens is 487 g/mol. The van der Waals surface area contributed by atoms with Crippen LogP contribution in [0.4, 0.5) is 29.3 Å². The minimum Gasteiger partial charge on any atom is -0.465 e. The maximum absolute atomic E-state index is 13.1. The van der Waals surface area contributed by atoms with Crippen molar-refractivity contribution in [3.8, 4) is 11.1 Å². The van der Waals surface area contributed by atoms with Crippen LogP contribution in [0.25, 0.3) is 11.1 Å². The molecule has 1 aromatic heterocycles. The van der Waals surface area contributed by atoms with Gasteiger partial charge in [0.05, 0.1) is 23.4 Å². The van der Waals surface area contributed by atoms with E-state index < -0.39 is 41.6 Å². The standard InChI is InChI=1S/C27H24F3N3O4/c28-27(29,30)20-8-9-21(33-26(36)37)23(14-20)32-25(35)15-24(34)19-7-3-6-17(12-19)18-10-11-31-22(13-18)16-4-1-2-5-16/h3,6-14,16,33H,1-2,4-5,15H2,(H,32,35)(H,36,37). The summed E-state index contributed by atoms with van der Waals surface area (Å²) in [4.78, 5) is 40.9. The number of halogens is 3. The molecule has 0 spiro atoms. The van der Waals surface area contributed by atoms with Crippen LogP contribution in [-0.4, -0.2) is 27.9 Å². The number of pyridine rings is 1. The fraction of sp³-hybridized carbons (Fsp3) is 0.259. The van der Waals surface area contributed by atoms with Gasteiger partial charge in [0, 0.05) is 23.4 Å². The van der Waals surface area contributed by atoms with E-state index in [0.29, 0.717) is 18.1 Å². The van der Waals surface area contributed by atoms with Crippen molar-refractivity contribution in [3.05, 3.63) is 77.6 Å². The van der Waals surface area contributed by atoms with Crippen LogP contribution in [0, 0.1) is 0 Å². The highest BCUT2D eigenvalue weighted by Crippen LogP contribution is 2.35. The Bertz CT molecular complexity index is 1330. The van der Waals surface area contributed by atoms with Crippen molar-refractivity contribution in [1.82, 2.24) is 4.98 Å². The van der Waals surface area contributed by atoms with Crippen molar-refractivity contribution < 1.29 is 32.7 Å². The van der Waals surface area contributed by atoms with Gasteiger partial charge in [0.2, 0.25) is 5.91 Å². The van der Waals surface area contributed by atoms with Crippen molar-refractivity contribution in [2.75, 3.05) is 10.6 Å². The van der Waals surface area contributed by atoms with Crippen LogP contribution in [0.15, 0.2) is 60.8 Å². The molecule has 3 aromatic rings. The van der Waals surface area contributed by atoms with Gasteiger partial charge in [-0.2, -0.15) is 13.2 Å². The van der Waals surface area contributed by atoms with E-state index >= 15 is 0 Å². The maximum Gasteiger partial charge on any atom is 0.416 e. The Morgan fingerprint density at radius 1 is 0.919 bits per heavy atom. The van der Waals surface area contributed by atoms with E-state index in [-0.39, 0.29) is 11.3 Å². The summed E-state index contributed by atoms with van der Waals surface area (Å²) in [6.07, 6.45) is -0.580.